The lowest BCUT2D eigenvalue weighted by Gasteiger charge is -2.58. The zero-order valence-corrected chi connectivity index (χ0v) is 17.4. The average Bonchev–Trinajstić information content (AvgIpc) is 2.97. The fourth-order valence-corrected chi connectivity index (χ4v) is 7.79. The highest BCUT2D eigenvalue weighted by molar-refractivity contribution is 5.25. The van der Waals surface area contributed by atoms with Crippen LogP contribution >= 0.6 is 0 Å². The molecule has 4 rings (SSSR count). The van der Waals surface area contributed by atoms with Crippen molar-refractivity contribution in [2.24, 2.45) is 34.5 Å². The second kappa shape index (κ2) is 6.82. The number of hydrogen-bond acceptors (Lipinski definition) is 1. The van der Waals surface area contributed by atoms with Crippen LogP contribution in [0.2, 0.25) is 0 Å². The topological polar surface area (TPSA) is 20.2 Å². The number of alkyl halides is 2. The summed E-state index contributed by atoms with van der Waals surface area (Å²) in [5.74, 6) is 0.165. The van der Waals surface area contributed by atoms with Crippen LogP contribution in [0.4, 0.5) is 8.78 Å². The first kappa shape index (κ1) is 19.9. The van der Waals surface area contributed by atoms with Crippen LogP contribution in [0.25, 0.3) is 0 Å². The fraction of sp³-hybridized carbons (Fsp3) is 0.917. The Balaban J connectivity index is 1.52. The minimum atomic E-state index is -2.48. The van der Waals surface area contributed by atoms with Crippen molar-refractivity contribution < 1.29 is 13.9 Å². The molecule has 3 heteroatoms. The molecular weight excluding hydrogens is 342 g/mol. The summed E-state index contributed by atoms with van der Waals surface area (Å²) >= 11 is 0. The molecule has 3 fully saturated rings. The smallest absolute Gasteiger partial charge is 0.247 e. The zero-order chi connectivity index (χ0) is 19.4. The van der Waals surface area contributed by atoms with Crippen molar-refractivity contribution in [1.82, 2.24) is 0 Å². The molecule has 0 saturated heterocycles. The first-order chi connectivity index (χ1) is 12.7. The van der Waals surface area contributed by atoms with Crippen LogP contribution in [-0.2, 0) is 0 Å². The van der Waals surface area contributed by atoms with Gasteiger partial charge in [0, 0.05) is 12.8 Å². The zero-order valence-electron chi connectivity index (χ0n) is 17.4. The van der Waals surface area contributed by atoms with E-state index >= 15 is 0 Å². The molecule has 4 aliphatic rings. The highest BCUT2D eigenvalue weighted by atomic mass is 19.3. The summed E-state index contributed by atoms with van der Waals surface area (Å²) in [7, 11) is 0. The van der Waals surface area contributed by atoms with E-state index in [1.807, 2.05) is 0 Å². The maximum atomic E-state index is 13.9. The highest BCUT2D eigenvalue weighted by Gasteiger charge is 2.58. The first-order valence-electron chi connectivity index (χ1n) is 11.4. The molecule has 1 N–H and O–H groups in total. The van der Waals surface area contributed by atoms with E-state index in [-0.39, 0.29) is 29.8 Å². The van der Waals surface area contributed by atoms with Crippen molar-refractivity contribution in [2.75, 3.05) is 0 Å². The van der Waals surface area contributed by atoms with E-state index in [2.05, 4.69) is 19.9 Å². The van der Waals surface area contributed by atoms with E-state index in [4.69, 9.17) is 0 Å². The van der Waals surface area contributed by atoms with Crippen molar-refractivity contribution in [3.8, 4) is 0 Å². The van der Waals surface area contributed by atoms with Gasteiger partial charge < -0.3 is 5.11 Å². The average molecular weight is 381 g/mol. The molecular formula is C24H38F2O. The second-order valence-electron chi connectivity index (χ2n) is 10.7. The van der Waals surface area contributed by atoms with Crippen LogP contribution in [-0.4, -0.2) is 17.1 Å². The Morgan fingerprint density at radius 2 is 1.89 bits per heavy atom. The van der Waals surface area contributed by atoms with E-state index < -0.39 is 5.92 Å². The molecule has 27 heavy (non-hydrogen) atoms. The molecule has 0 amide bonds. The van der Waals surface area contributed by atoms with Crippen molar-refractivity contribution in [3.05, 3.63) is 11.6 Å². The first-order valence-corrected chi connectivity index (χ1v) is 11.4. The fourth-order valence-electron chi connectivity index (χ4n) is 7.79. The Bertz CT molecular complexity index is 599. The van der Waals surface area contributed by atoms with Gasteiger partial charge in [0.1, 0.15) is 0 Å². The minimum absolute atomic E-state index is 0.0255. The lowest BCUT2D eigenvalue weighted by atomic mass is 9.47. The summed E-state index contributed by atoms with van der Waals surface area (Å²) in [5, 5.41) is 10.1. The van der Waals surface area contributed by atoms with Gasteiger partial charge in [0.25, 0.3) is 0 Å². The number of hydrogen-bond donors (Lipinski definition) is 1. The molecule has 0 spiro atoms. The minimum Gasteiger partial charge on any atom is -0.393 e. The maximum Gasteiger partial charge on any atom is 0.247 e. The molecule has 0 aromatic rings. The monoisotopic (exact) mass is 380 g/mol. The summed E-state index contributed by atoms with van der Waals surface area (Å²) in [6.45, 7) is 6.50. The highest BCUT2D eigenvalue weighted by Crippen LogP contribution is 2.66. The number of fused-ring (bicyclic) bond motifs is 5. The van der Waals surface area contributed by atoms with Gasteiger partial charge in [-0.1, -0.05) is 32.4 Å². The second-order valence-corrected chi connectivity index (χ2v) is 10.7. The van der Waals surface area contributed by atoms with Gasteiger partial charge in [0.2, 0.25) is 5.92 Å². The number of allylic oxidation sites excluding steroid dienone is 1. The van der Waals surface area contributed by atoms with Crippen LogP contribution in [0, 0.1) is 34.5 Å². The largest absolute Gasteiger partial charge is 0.393 e. The van der Waals surface area contributed by atoms with Crippen LogP contribution in [0.3, 0.4) is 0 Å². The van der Waals surface area contributed by atoms with Gasteiger partial charge in [-0.25, -0.2) is 8.78 Å². The Hall–Kier alpha value is -0.440. The number of rotatable bonds is 4. The molecule has 0 aliphatic heterocycles. The van der Waals surface area contributed by atoms with Gasteiger partial charge in [-0.2, -0.15) is 0 Å². The normalized spacial score (nSPS) is 47.0. The SMILES string of the molecule is CCC(F)(F)CC[C@H]1CC[C@H]2C3CC=C4CC(O)CCC4(C)C3CCC12C. The quantitative estimate of drug-likeness (QED) is 0.535. The lowest BCUT2D eigenvalue weighted by molar-refractivity contribution is -0.0596. The third-order valence-corrected chi connectivity index (χ3v) is 9.65. The molecule has 154 valence electrons. The Morgan fingerprint density at radius 3 is 2.63 bits per heavy atom. The van der Waals surface area contributed by atoms with E-state index in [0.717, 1.165) is 43.9 Å². The Kier molecular flexibility index (Phi) is 5.01. The Labute approximate surface area is 164 Å². The standard InChI is InChI=1S/C24H38F2O/c1-4-24(25,26)14-9-16-6-8-20-19-7-5-17-15-18(27)10-12-23(17,3)21(19)11-13-22(16,20)2/h5,16,18-21,27H,4,6-15H2,1-3H3/t16-,18?,19?,20+,21?,22?,23?/m1/s1. The number of aliphatic hydroxyl groups is 1. The van der Waals surface area contributed by atoms with Crippen molar-refractivity contribution in [2.45, 2.75) is 103 Å². The molecule has 5 unspecified atom stereocenters. The summed E-state index contributed by atoms with van der Waals surface area (Å²) in [5.41, 5.74) is 2.06. The van der Waals surface area contributed by atoms with E-state index in [1.54, 1.807) is 6.92 Å². The van der Waals surface area contributed by atoms with Crippen molar-refractivity contribution >= 4 is 0 Å². The molecule has 7 atom stereocenters. The summed E-state index contributed by atoms with van der Waals surface area (Å²) in [4.78, 5) is 0. The molecule has 1 nitrogen and oxygen atoms in total. The van der Waals surface area contributed by atoms with E-state index in [1.165, 1.54) is 24.8 Å². The van der Waals surface area contributed by atoms with Crippen LogP contribution in [0.5, 0.6) is 0 Å². The van der Waals surface area contributed by atoms with Crippen LogP contribution in [0.15, 0.2) is 11.6 Å². The molecule has 0 radical (unpaired) electrons. The van der Waals surface area contributed by atoms with Gasteiger partial charge in [-0.15, -0.1) is 0 Å². The van der Waals surface area contributed by atoms with Crippen molar-refractivity contribution in [3.63, 3.8) is 0 Å². The van der Waals surface area contributed by atoms with Crippen LogP contribution < -0.4 is 0 Å². The van der Waals surface area contributed by atoms with Gasteiger partial charge in [-0.05, 0) is 92.3 Å². The third kappa shape index (κ3) is 3.20. The van der Waals surface area contributed by atoms with Gasteiger partial charge >= 0.3 is 0 Å². The maximum absolute atomic E-state index is 13.9. The lowest BCUT2D eigenvalue weighted by Crippen LogP contribution is -2.50. The molecule has 0 bridgehead atoms. The predicted octanol–water partition coefficient (Wildman–Crippen LogP) is 6.75. The van der Waals surface area contributed by atoms with E-state index in [9.17, 15) is 13.9 Å². The molecule has 4 aliphatic carbocycles. The molecule has 3 saturated carbocycles. The van der Waals surface area contributed by atoms with Gasteiger partial charge in [-0.3, -0.25) is 0 Å². The molecule has 0 aromatic carbocycles. The number of aliphatic hydroxyl groups excluding tert-OH is 1. The summed E-state index contributed by atoms with van der Waals surface area (Å²) in [6.07, 6.45) is 12.0. The Morgan fingerprint density at radius 1 is 1.11 bits per heavy atom. The van der Waals surface area contributed by atoms with Gasteiger partial charge in [0.15, 0.2) is 0 Å². The molecule has 0 aromatic heterocycles. The number of halogens is 2. The van der Waals surface area contributed by atoms with E-state index in [0.29, 0.717) is 18.3 Å². The predicted molar refractivity (Wildman–Crippen MR) is 106 cm³/mol. The van der Waals surface area contributed by atoms with Gasteiger partial charge in [0.05, 0.1) is 6.10 Å². The molecule has 0 heterocycles. The summed E-state index contributed by atoms with van der Waals surface area (Å²) in [6, 6.07) is 0. The van der Waals surface area contributed by atoms with Crippen LogP contribution in [0.1, 0.15) is 91.4 Å². The van der Waals surface area contributed by atoms with Crippen molar-refractivity contribution in [1.29, 1.82) is 0 Å². The summed E-state index contributed by atoms with van der Waals surface area (Å²) < 4.78 is 27.7. The third-order valence-electron chi connectivity index (χ3n) is 9.65.